The lowest BCUT2D eigenvalue weighted by Gasteiger charge is -2.33. The largest absolute Gasteiger partial charge is 0.465 e. The number of likely N-dealkylation sites (tertiary alicyclic amines) is 1. The first-order valence-corrected chi connectivity index (χ1v) is 10.4. The Morgan fingerprint density at radius 1 is 1.07 bits per heavy atom. The van der Waals surface area contributed by atoms with Crippen molar-refractivity contribution in [2.24, 2.45) is 0 Å². The number of aromatic nitrogens is 2. The molecule has 0 spiro atoms. The summed E-state index contributed by atoms with van der Waals surface area (Å²) < 4.78 is 7.03. The lowest BCUT2D eigenvalue weighted by atomic mass is 9.96. The summed E-state index contributed by atoms with van der Waals surface area (Å²) in [5.74, 6) is 0.847. The molecule has 1 fully saturated rings. The standard InChI is InChI=1S/C24H27N3O3/c1-16(2)27-21-9-5-4-8-20(21)25-22(27)19-7-6-14-26(15-19)23(28)17-10-12-18(13-11-17)24(29)30-3/h4-5,8-13,16,19H,6-7,14-15H2,1-3H3. The van der Waals surface area contributed by atoms with Crippen molar-refractivity contribution in [1.82, 2.24) is 14.5 Å². The van der Waals surface area contributed by atoms with Crippen molar-refractivity contribution in [3.63, 3.8) is 0 Å². The smallest absolute Gasteiger partial charge is 0.337 e. The zero-order valence-corrected chi connectivity index (χ0v) is 17.7. The van der Waals surface area contributed by atoms with Crippen LogP contribution in [0.1, 0.15) is 65.2 Å². The highest BCUT2D eigenvalue weighted by molar-refractivity contribution is 5.96. The summed E-state index contributed by atoms with van der Waals surface area (Å²) in [6.45, 7) is 5.72. The van der Waals surface area contributed by atoms with Crippen molar-refractivity contribution < 1.29 is 14.3 Å². The lowest BCUT2D eigenvalue weighted by Crippen LogP contribution is -2.39. The second kappa shape index (κ2) is 8.30. The highest BCUT2D eigenvalue weighted by Crippen LogP contribution is 2.32. The molecule has 3 aromatic rings. The maximum absolute atomic E-state index is 13.1. The molecule has 1 amide bonds. The zero-order chi connectivity index (χ0) is 21.3. The number of carbonyl (C=O) groups excluding carboxylic acids is 2. The van der Waals surface area contributed by atoms with Gasteiger partial charge in [0.15, 0.2) is 0 Å². The number of esters is 1. The molecule has 4 rings (SSSR count). The first kappa shape index (κ1) is 20.1. The minimum atomic E-state index is -0.403. The molecule has 0 saturated carbocycles. The van der Waals surface area contributed by atoms with Crippen LogP contribution in [-0.2, 0) is 4.74 Å². The van der Waals surface area contributed by atoms with Gasteiger partial charge in [-0.1, -0.05) is 12.1 Å². The number of rotatable bonds is 4. The van der Waals surface area contributed by atoms with Crippen molar-refractivity contribution >= 4 is 22.9 Å². The second-order valence-electron chi connectivity index (χ2n) is 8.08. The predicted molar refractivity (Wildman–Crippen MR) is 116 cm³/mol. The van der Waals surface area contributed by atoms with Gasteiger partial charge < -0.3 is 14.2 Å². The van der Waals surface area contributed by atoms with Gasteiger partial charge in [0.2, 0.25) is 0 Å². The van der Waals surface area contributed by atoms with Gasteiger partial charge in [-0.05, 0) is 63.1 Å². The van der Waals surface area contributed by atoms with Crippen LogP contribution in [0.5, 0.6) is 0 Å². The number of fused-ring (bicyclic) bond motifs is 1. The Morgan fingerprint density at radius 3 is 2.47 bits per heavy atom. The van der Waals surface area contributed by atoms with Crippen LogP contribution in [-0.4, -0.2) is 46.5 Å². The molecule has 2 heterocycles. The van der Waals surface area contributed by atoms with E-state index in [1.165, 1.54) is 7.11 Å². The van der Waals surface area contributed by atoms with Gasteiger partial charge in [-0.2, -0.15) is 0 Å². The van der Waals surface area contributed by atoms with E-state index < -0.39 is 5.97 Å². The summed E-state index contributed by atoms with van der Waals surface area (Å²) in [6.07, 6.45) is 1.96. The van der Waals surface area contributed by atoms with Gasteiger partial charge in [-0.15, -0.1) is 0 Å². The van der Waals surface area contributed by atoms with E-state index in [4.69, 9.17) is 9.72 Å². The van der Waals surface area contributed by atoms with Crippen LogP contribution >= 0.6 is 0 Å². The third kappa shape index (κ3) is 3.70. The quantitative estimate of drug-likeness (QED) is 0.603. The normalized spacial score (nSPS) is 16.8. The highest BCUT2D eigenvalue weighted by atomic mass is 16.5. The molecule has 6 nitrogen and oxygen atoms in total. The summed E-state index contributed by atoms with van der Waals surface area (Å²) in [7, 11) is 1.35. The van der Waals surface area contributed by atoms with Gasteiger partial charge in [-0.25, -0.2) is 9.78 Å². The van der Waals surface area contributed by atoms with Crippen LogP contribution < -0.4 is 0 Å². The maximum Gasteiger partial charge on any atom is 0.337 e. The third-order valence-corrected chi connectivity index (χ3v) is 5.77. The highest BCUT2D eigenvalue weighted by Gasteiger charge is 2.29. The number of hydrogen-bond donors (Lipinski definition) is 0. The van der Waals surface area contributed by atoms with Crippen LogP contribution in [0, 0.1) is 0 Å². The Kier molecular flexibility index (Phi) is 5.57. The van der Waals surface area contributed by atoms with E-state index in [-0.39, 0.29) is 11.8 Å². The molecule has 6 heteroatoms. The molecule has 2 aromatic carbocycles. The monoisotopic (exact) mass is 405 g/mol. The molecule has 1 atom stereocenters. The number of imidazole rings is 1. The van der Waals surface area contributed by atoms with Crippen molar-refractivity contribution in [1.29, 1.82) is 0 Å². The van der Waals surface area contributed by atoms with Gasteiger partial charge in [0.1, 0.15) is 5.82 Å². The molecule has 1 aliphatic heterocycles. The molecule has 1 saturated heterocycles. The number of amides is 1. The number of benzene rings is 2. The van der Waals surface area contributed by atoms with E-state index in [1.807, 2.05) is 23.1 Å². The summed E-state index contributed by atoms with van der Waals surface area (Å²) in [4.78, 5) is 31.6. The average molecular weight is 405 g/mol. The Labute approximate surface area is 176 Å². The number of piperidine rings is 1. The fourth-order valence-corrected chi connectivity index (χ4v) is 4.32. The van der Waals surface area contributed by atoms with Gasteiger partial charge in [0, 0.05) is 30.6 Å². The number of methoxy groups -OCH3 is 1. The number of nitrogens with zero attached hydrogens (tertiary/aromatic N) is 3. The molecule has 1 unspecified atom stereocenters. The molecule has 0 radical (unpaired) electrons. The third-order valence-electron chi connectivity index (χ3n) is 5.77. The topological polar surface area (TPSA) is 64.4 Å². The van der Waals surface area contributed by atoms with E-state index in [1.54, 1.807) is 24.3 Å². The van der Waals surface area contributed by atoms with E-state index in [9.17, 15) is 9.59 Å². The van der Waals surface area contributed by atoms with Crippen molar-refractivity contribution in [2.75, 3.05) is 20.2 Å². The van der Waals surface area contributed by atoms with Gasteiger partial charge in [-0.3, -0.25) is 4.79 Å². The van der Waals surface area contributed by atoms with Crippen LogP contribution in [0.15, 0.2) is 48.5 Å². The number of hydrogen-bond acceptors (Lipinski definition) is 4. The Bertz CT molecular complexity index is 1070. The summed E-state index contributed by atoms with van der Waals surface area (Å²) in [6, 6.07) is 15.2. The SMILES string of the molecule is COC(=O)c1ccc(C(=O)N2CCCC(c3nc4ccccc4n3C(C)C)C2)cc1. The van der Waals surface area contributed by atoms with Crippen molar-refractivity contribution in [3.05, 3.63) is 65.5 Å². The van der Waals surface area contributed by atoms with Crippen LogP contribution in [0.25, 0.3) is 11.0 Å². The molecule has 0 N–H and O–H groups in total. The lowest BCUT2D eigenvalue weighted by molar-refractivity contribution is 0.0599. The van der Waals surface area contributed by atoms with Crippen LogP contribution in [0.2, 0.25) is 0 Å². The molecule has 0 aliphatic carbocycles. The zero-order valence-electron chi connectivity index (χ0n) is 17.7. The van der Waals surface area contributed by atoms with Crippen molar-refractivity contribution in [3.8, 4) is 0 Å². The minimum Gasteiger partial charge on any atom is -0.465 e. The second-order valence-corrected chi connectivity index (χ2v) is 8.08. The molecule has 30 heavy (non-hydrogen) atoms. The molecule has 1 aromatic heterocycles. The van der Waals surface area contributed by atoms with E-state index in [2.05, 4.69) is 24.5 Å². The number of ether oxygens (including phenoxy) is 1. The fraction of sp³-hybridized carbons (Fsp3) is 0.375. The van der Waals surface area contributed by atoms with Crippen LogP contribution in [0.4, 0.5) is 0 Å². The summed E-state index contributed by atoms with van der Waals surface area (Å²) in [5.41, 5.74) is 3.17. The number of carbonyl (C=O) groups is 2. The Hall–Kier alpha value is -3.15. The maximum atomic E-state index is 13.1. The molecular weight excluding hydrogens is 378 g/mol. The van der Waals surface area contributed by atoms with Gasteiger partial charge in [0.05, 0.1) is 23.7 Å². The van der Waals surface area contributed by atoms with E-state index in [0.717, 1.165) is 36.2 Å². The molecule has 1 aliphatic rings. The van der Waals surface area contributed by atoms with Gasteiger partial charge in [0.25, 0.3) is 5.91 Å². The summed E-state index contributed by atoms with van der Waals surface area (Å²) >= 11 is 0. The van der Waals surface area contributed by atoms with Crippen molar-refractivity contribution in [2.45, 2.75) is 38.6 Å². The summed E-state index contributed by atoms with van der Waals surface area (Å²) in [5, 5.41) is 0. The average Bonchev–Trinajstić information content (AvgIpc) is 3.18. The Balaban J connectivity index is 1.58. The molecule has 0 bridgehead atoms. The van der Waals surface area contributed by atoms with Crippen LogP contribution in [0.3, 0.4) is 0 Å². The fourth-order valence-electron chi connectivity index (χ4n) is 4.32. The Morgan fingerprint density at radius 2 is 1.77 bits per heavy atom. The number of para-hydroxylation sites is 2. The van der Waals surface area contributed by atoms with E-state index >= 15 is 0 Å². The van der Waals surface area contributed by atoms with E-state index in [0.29, 0.717) is 23.7 Å². The van der Waals surface area contributed by atoms with Gasteiger partial charge >= 0.3 is 5.97 Å². The minimum absolute atomic E-state index is 0.0108. The first-order chi connectivity index (χ1) is 14.5. The molecule has 156 valence electrons. The predicted octanol–water partition coefficient (Wildman–Crippen LogP) is 4.42. The molecular formula is C24H27N3O3. The first-order valence-electron chi connectivity index (χ1n) is 10.4.